The van der Waals surface area contributed by atoms with Crippen LogP contribution in [0.2, 0.25) is 5.02 Å². The van der Waals surface area contributed by atoms with Crippen molar-refractivity contribution in [2.24, 2.45) is 0 Å². The monoisotopic (exact) mass is 310 g/mol. The minimum atomic E-state index is 0.691. The molecule has 118 valence electrons. The second kappa shape index (κ2) is 8.62. The molecule has 0 radical (unpaired) electrons. The van der Waals surface area contributed by atoms with E-state index in [1.165, 1.54) is 31.4 Å². The third-order valence-electron chi connectivity index (χ3n) is 4.27. The van der Waals surface area contributed by atoms with Gasteiger partial charge in [0.2, 0.25) is 0 Å². The van der Waals surface area contributed by atoms with Crippen molar-refractivity contribution in [3.8, 4) is 0 Å². The molecule has 1 N–H and O–H groups in total. The standard InChI is InChI=1S/C17H27ClN2O/c1-3-20(15-6-4-5-7-15)16-9-8-14(17(18)12-16)13-19-10-11-21-2/h8-9,12,15,19H,3-7,10-11,13H2,1-2H3. The van der Waals surface area contributed by atoms with Gasteiger partial charge in [0.15, 0.2) is 0 Å². The van der Waals surface area contributed by atoms with Gasteiger partial charge in [-0.2, -0.15) is 0 Å². The van der Waals surface area contributed by atoms with Crippen molar-refractivity contribution >= 4 is 17.3 Å². The summed E-state index contributed by atoms with van der Waals surface area (Å²) in [4.78, 5) is 2.50. The molecule has 21 heavy (non-hydrogen) atoms. The van der Waals surface area contributed by atoms with Crippen LogP contribution in [0.5, 0.6) is 0 Å². The summed E-state index contributed by atoms with van der Waals surface area (Å²) in [7, 11) is 1.71. The number of nitrogens with zero attached hydrogens (tertiary/aromatic N) is 1. The van der Waals surface area contributed by atoms with E-state index in [2.05, 4.69) is 35.3 Å². The number of rotatable bonds is 8. The van der Waals surface area contributed by atoms with Crippen LogP contribution in [0.4, 0.5) is 5.69 Å². The van der Waals surface area contributed by atoms with Gasteiger partial charge in [0.25, 0.3) is 0 Å². The van der Waals surface area contributed by atoms with Crippen molar-refractivity contribution in [2.45, 2.75) is 45.2 Å². The molecule has 0 saturated heterocycles. The summed E-state index contributed by atoms with van der Waals surface area (Å²) >= 11 is 6.45. The highest BCUT2D eigenvalue weighted by Gasteiger charge is 2.22. The molecule has 0 bridgehead atoms. The molecular formula is C17H27ClN2O. The molecule has 1 saturated carbocycles. The molecule has 2 rings (SSSR count). The number of hydrogen-bond acceptors (Lipinski definition) is 3. The maximum absolute atomic E-state index is 6.45. The van der Waals surface area contributed by atoms with Crippen molar-refractivity contribution in [2.75, 3.05) is 31.7 Å². The van der Waals surface area contributed by atoms with Crippen LogP contribution in [-0.4, -0.2) is 32.8 Å². The van der Waals surface area contributed by atoms with E-state index in [1.54, 1.807) is 7.11 Å². The van der Waals surface area contributed by atoms with Crippen molar-refractivity contribution < 1.29 is 4.74 Å². The zero-order valence-electron chi connectivity index (χ0n) is 13.2. The van der Waals surface area contributed by atoms with Gasteiger partial charge in [-0.25, -0.2) is 0 Å². The average molecular weight is 311 g/mol. The lowest BCUT2D eigenvalue weighted by Crippen LogP contribution is -2.32. The van der Waals surface area contributed by atoms with Crippen molar-refractivity contribution in [3.63, 3.8) is 0 Å². The molecule has 1 aromatic rings. The molecule has 1 fully saturated rings. The number of anilines is 1. The van der Waals surface area contributed by atoms with E-state index in [0.29, 0.717) is 6.04 Å². The van der Waals surface area contributed by atoms with Gasteiger partial charge < -0.3 is 15.0 Å². The largest absolute Gasteiger partial charge is 0.383 e. The Morgan fingerprint density at radius 3 is 2.71 bits per heavy atom. The van der Waals surface area contributed by atoms with E-state index >= 15 is 0 Å². The smallest absolute Gasteiger partial charge is 0.0587 e. The lowest BCUT2D eigenvalue weighted by molar-refractivity contribution is 0.199. The number of nitrogens with one attached hydrogen (secondary N) is 1. The van der Waals surface area contributed by atoms with Gasteiger partial charge in [-0.15, -0.1) is 0 Å². The Hall–Kier alpha value is -0.770. The van der Waals surface area contributed by atoms with Crippen LogP contribution in [-0.2, 0) is 11.3 Å². The predicted octanol–water partition coefficient (Wildman–Crippen LogP) is 3.84. The first-order valence-electron chi connectivity index (χ1n) is 8.01. The third-order valence-corrected chi connectivity index (χ3v) is 4.62. The van der Waals surface area contributed by atoms with Crippen LogP contribution in [0, 0.1) is 0 Å². The first-order chi connectivity index (χ1) is 10.3. The number of hydrogen-bond donors (Lipinski definition) is 1. The Morgan fingerprint density at radius 2 is 2.10 bits per heavy atom. The van der Waals surface area contributed by atoms with E-state index in [0.717, 1.165) is 36.8 Å². The van der Waals surface area contributed by atoms with Gasteiger partial charge in [-0.1, -0.05) is 30.5 Å². The third kappa shape index (κ3) is 4.60. The second-order valence-electron chi connectivity index (χ2n) is 5.67. The zero-order valence-corrected chi connectivity index (χ0v) is 14.0. The van der Waals surface area contributed by atoms with E-state index < -0.39 is 0 Å². The molecule has 0 atom stereocenters. The highest BCUT2D eigenvalue weighted by molar-refractivity contribution is 6.31. The number of methoxy groups -OCH3 is 1. The molecule has 0 amide bonds. The van der Waals surface area contributed by atoms with Gasteiger partial charge in [0.05, 0.1) is 6.61 Å². The summed E-state index contributed by atoms with van der Waals surface area (Å²) in [6.45, 7) is 5.63. The maximum Gasteiger partial charge on any atom is 0.0587 e. The van der Waals surface area contributed by atoms with Gasteiger partial charge in [0, 0.05) is 43.5 Å². The quantitative estimate of drug-likeness (QED) is 0.738. The molecule has 1 aliphatic rings. The first-order valence-corrected chi connectivity index (χ1v) is 8.38. The Kier molecular flexibility index (Phi) is 6.81. The van der Waals surface area contributed by atoms with Crippen LogP contribution in [0.15, 0.2) is 18.2 Å². The Morgan fingerprint density at radius 1 is 1.33 bits per heavy atom. The average Bonchev–Trinajstić information content (AvgIpc) is 3.00. The molecule has 0 aliphatic heterocycles. The second-order valence-corrected chi connectivity index (χ2v) is 6.08. The Bertz CT molecular complexity index is 433. The summed E-state index contributed by atoms with van der Waals surface area (Å²) < 4.78 is 5.03. The topological polar surface area (TPSA) is 24.5 Å². The SMILES string of the molecule is CCN(c1ccc(CNCCOC)c(Cl)c1)C1CCCC1. The highest BCUT2D eigenvalue weighted by Crippen LogP contribution is 2.30. The fraction of sp³-hybridized carbons (Fsp3) is 0.647. The molecule has 1 aliphatic carbocycles. The van der Waals surface area contributed by atoms with Crippen LogP contribution in [0.3, 0.4) is 0 Å². The number of ether oxygens (including phenoxy) is 1. The van der Waals surface area contributed by atoms with Crippen molar-refractivity contribution in [3.05, 3.63) is 28.8 Å². The van der Waals surface area contributed by atoms with Crippen LogP contribution < -0.4 is 10.2 Å². The maximum atomic E-state index is 6.45. The minimum Gasteiger partial charge on any atom is -0.383 e. The number of halogens is 1. The highest BCUT2D eigenvalue weighted by atomic mass is 35.5. The first kappa shape index (κ1) is 16.6. The lowest BCUT2D eigenvalue weighted by atomic mass is 10.1. The van der Waals surface area contributed by atoms with Crippen molar-refractivity contribution in [1.29, 1.82) is 0 Å². The Labute approximate surface area is 133 Å². The van der Waals surface area contributed by atoms with E-state index in [1.807, 2.05) is 0 Å². The van der Waals surface area contributed by atoms with Gasteiger partial charge >= 0.3 is 0 Å². The summed E-state index contributed by atoms with van der Waals surface area (Å²) in [5.74, 6) is 0. The van der Waals surface area contributed by atoms with Crippen LogP contribution >= 0.6 is 11.6 Å². The van der Waals surface area contributed by atoms with Gasteiger partial charge in [-0.05, 0) is 37.5 Å². The van der Waals surface area contributed by atoms with Crippen LogP contribution in [0.1, 0.15) is 38.2 Å². The minimum absolute atomic E-state index is 0.691. The van der Waals surface area contributed by atoms with Gasteiger partial charge in [0.1, 0.15) is 0 Å². The van der Waals surface area contributed by atoms with E-state index in [9.17, 15) is 0 Å². The summed E-state index contributed by atoms with van der Waals surface area (Å²) in [5, 5.41) is 4.19. The normalized spacial score (nSPS) is 15.6. The fourth-order valence-corrected chi connectivity index (χ4v) is 3.36. The molecule has 0 spiro atoms. The molecule has 0 heterocycles. The van der Waals surface area contributed by atoms with E-state index in [4.69, 9.17) is 16.3 Å². The summed E-state index contributed by atoms with van der Waals surface area (Å²) in [5.41, 5.74) is 2.41. The molecule has 1 aromatic carbocycles. The summed E-state index contributed by atoms with van der Waals surface area (Å²) in [6, 6.07) is 7.17. The molecule has 3 nitrogen and oxygen atoms in total. The molecule has 4 heteroatoms. The predicted molar refractivity (Wildman–Crippen MR) is 90.3 cm³/mol. The van der Waals surface area contributed by atoms with Crippen molar-refractivity contribution in [1.82, 2.24) is 5.32 Å². The van der Waals surface area contributed by atoms with E-state index in [-0.39, 0.29) is 0 Å². The summed E-state index contributed by atoms with van der Waals surface area (Å²) in [6.07, 6.45) is 5.34. The fourth-order valence-electron chi connectivity index (χ4n) is 3.12. The van der Waals surface area contributed by atoms with Gasteiger partial charge in [-0.3, -0.25) is 0 Å². The number of benzene rings is 1. The molecule has 0 aromatic heterocycles. The molecule has 0 unspecified atom stereocenters. The van der Waals surface area contributed by atoms with Crippen LogP contribution in [0.25, 0.3) is 0 Å². The zero-order chi connectivity index (χ0) is 15.1. The molecular weight excluding hydrogens is 284 g/mol. The Balaban J connectivity index is 1.99. The lowest BCUT2D eigenvalue weighted by Gasteiger charge is -2.30.